The fourth-order valence-electron chi connectivity index (χ4n) is 1.85. The van der Waals surface area contributed by atoms with Crippen LogP contribution in [0, 0.1) is 18.6 Å². The second kappa shape index (κ2) is 5.82. The number of aryl methyl sites for hydroxylation is 1. The van der Waals surface area contributed by atoms with Crippen LogP contribution in [0.3, 0.4) is 0 Å². The van der Waals surface area contributed by atoms with Gasteiger partial charge in [-0.3, -0.25) is 0 Å². The summed E-state index contributed by atoms with van der Waals surface area (Å²) < 4.78 is 31.5. The highest BCUT2D eigenvalue weighted by atomic mass is 19.1. The number of phenolic OH excluding ortho intramolecular Hbond substituents is 1. The van der Waals surface area contributed by atoms with Gasteiger partial charge in [0.15, 0.2) is 17.1 Å². The molecule has 104 valence electrons. The van der Waals surface area contributed by atoms with E-state index < -0.39 is 28.6 Å². The Morgan fingerprint density at radius 1 is 1.32 bits per heavy atom. The summed E-state index contributed by atoms with van der Waals surface area (Å²) in [4.78, 5) is 11.5. The summed E-state index contributed by atoms with van der Waals surface area (Å²) in [5.74, 6) is -3.46. The van der Waals surface area contributed by atoms with E-state index in [0.29, 0.717) is 17.5 Å². The number of fused-ring (bicyclic) bond motifs is 1. The van der Waals surface area contributed by atoms with E-state index >= 15 is 0 Å². The van der Waals surface area contributed by atoms with E-state index in [-0.39, 0.29) is 5.39 Å². The van der Waals surface area contributed by atoms with E-state index in [9.17, 15) is 13.6 Å². The molecule has 0 atom stereocenters. The summed E-state index contributed by atoms with van der Waals surface area (Å²) in [6, 6.07) is 0.963. The van der Waals surface area contributed by atoms with Gasteiger partial charge in [-0.1, -0.05) is 20.8 Å². The van der Waals surface area contributed by atoms with Gasteiger partial charge in [0.2, 0.25) is 5.82 Å². The molecule has 2 aromatic rings. The molecule has 0 saturated carbocycles. The molecule has 1 aromatic heterocycles. The molecule has 3 nitrogen and oxygen atoms in total. The molecule has 0 fully saturated rings. The highest BCUT2D eigenvalue weighted by Crippen LogP contribution is 2.30. The Morgan fingerprint density at radius 2 is 1.89 bits per heavy atom. The standard InChI is InChI=1S/C12H10F2O3.C2H6/c1-3-6-5(2)7-4-8(13)10(15)9(14)11(7)17-12(6)16;1-2/h4,15H,3H2,1-2H3;1-2H3. The molecule has 0 aliphatic heterocycles. The monoisotopic (exact) mass is 270 g/mol. The Morgan fingerprint density at radius 3 is 2.42 bits per heavy atom. The van der Waals surface area contributed by atoms with Gasteiger partial charge < -0.3 is 9.52 Å². The van der Waals surface area contributed by atoms with Crippen LogP contribution in [0.25, 0.3) is 11.0 Å². The molecule has 0 spiro atoms. The Hall–Kier alpha value is -1.91. The van der Waals surface area contributed by atoms with Crippen LogP contribution in [0.1, 0.15) is 31.9 Å². The molecule has 5 heteroatoms. The van der Waals surface area contributed by atoms with E-state index in [1.54, 1.807) is 13.8 Å². The SMILES string of the molecule is CC.CCc1c(C)c2cc(F)c(O)c(F)c2oc1=O. The third kappa shape index (κ3) is 2.45. The van der Waals surface area contributed by atoms with Crippen molar-refractivity contribution < 1.29 is 18.3 Å². The Balaban J connectivity index is 0.000000861. The minimum Gasteiger partial charge on any atom is -0.503 e. The zero-order chi connectivity index (χ0) is 14.7. The molecule has 0 aliphatic rings. The van der Waals surface area contributed by atoms with Crippen LogP contribution >= 0.6 is 0 Å². The maximum atomic E-state index is 13.5. The summed E-state index contributed by atoms with van der Waals surface area (Å²) in [6.07, 6.45) is 0.411. The number of hydrogen-bond donors (Lipinski definition) is 1. The summed E-state index contributed by atoms with van der Waals surface area (Å²) in [6.45, 7) is 7.34. The maximum Gasteiger partial charge on any atom is 0.339 e. The van der Waals surface area contributed by atoms with Gasteiger partial charge in [0, 0.05) is 10.9 Å². The van der Waals surface area contributed by atoms with E-state index in [4.69, 9.17) is 9.52 Å². The summed E-state index contributed by atoms with van der Waals surface area (Å²) in [5, 5.41) is 9.26. The van der Waals surface area contributed by atoms with Gasteiger partial charge in [0.1, 0.15) is 0 Å². The molecule has 1 aromatic carbocycles. The molecule has 1 N–H and O–H groups in total. The molecule has 2 rings (SSSR count). The van der Waals surface area contributed by atoms with Gasteiger partial charge in [0.05, 0.1) is 0 Å². The van der Waals surface area contributed by atoms with Crippen LogP contribution in [0.15, 0.2) is 15.3 Å². The van der Waals surface area contributed by atoms with Crippen LogP contribution in [0.2, 0.25) is 0 Å². The molecule has 0 amide bonds. The van der Waals surface area contributed by atoms with E-state index in [1.807, 2.05) is 13.8 Å². The van der Waals surface area contributed by atoms with Crippen molar-refractivity contribution in [2.75, 3.05) is 0 Å². The fourth-order valence-corrected chi connectivity index (χ4v) is 1.85. The smallest absolute Gasteiger partial charge is 0.339 e. The number of hydrogen-bond acceptors (Lipinski definition) is 3. The second-order valence-electron chi connectivity index (χ2n) is 3.74. The lowest BCUT2D eigenvalue weighted by molar-refractivity contribution is 0.392. The van der Waals surface area contributed by atoms with Crippen molar-refractivity contribution in [2.24, 2.45) is 0 Å². The average Bonchev–Trinajstić information content (AvgIpc) is 2.41. The van der Waals surface area contributed by atoms with Crippen molar-refractivity contribution in [1.29, 1.82) is 0 Å². The lowest BCUT2D eigenvalue weighted by atomic mass is 10.0. The normalized spacial score (nSPS) is 10.2. The zero-order valence-corrected chi connectivity index (χ0v) is 11.3. The van der Waals surface area contributed by atoms with Gasteiger partial charge in [-0.2, -0.15) is 4.39 Å². The highest BCUT2D eigenvalue weighted by molar-refractivity contribution is 5.83. The first-order chi connectivity index (χ1) is 8.97. The Labute approximate surface area is 109 Å². The second-order valence-corrected chi connectivity index (χ2v) is 3.74. The van der Waals surface area contributed by atoms with Gasteiger partial charge in [-0.05, 0) is 25.0 Å². The summed E-state index contributed by atoms with van der Waals surface area (Å²) >= 11 is 0. The number of aromatic hydroxyl groups is 1. The maximum absolute atomic E-state index is 13.5. The average molecular weight is 270 g/mol. The number of benzene rings is 1. The molecule has 0 saturated heterocycles. The van der Waals surface area contributed by atoms with Gasteiger partial charge in [-0.15, -0.1) is 0 Å². The lowest BCUT2D eigenvalue weighted by Crippen LogP contribution is -2.09. The van der Waals surface area contributed by atoms with Crippen molar-refractivity contribution >= 4 is 11.0 Å². The minimum atomic E-state index is -1.25. The third-order valence-corrected chi connectivity index (χ3v) is 2.80. The number of phenols is 1. The van der Waals surface area contributed by atoms with Crippen molar-refractivity contribution in [3.8, 4) is 5.75 Å². The van der Waals surface area contributed by atoms with Crippen LogP contribution in [0.4, 0.5) is 8.78 Å². The first-order valence-electron chi connectivity index (χ1n) is 6.10. The van der Waals surface area contributed by atoms with Crippen LogP contribution in [-0.2, 0) is 6.42 Å². The molecular formula is C14H16F2O3. The number of rotatable bonds is 1. The van der Waals surface area contributed by atoms with Crippen molar-refractivity contribution in [1.82, 2.24) is 0 Å². The molecule has 0 radical (unpaired) electrons. The molecule has 1 heterocycles. The zero-order valence-electron chi connectivity index (χ0n) is 11.3. The van der Waals surface area contributed by atoms with Crippen molar-refractivity contribution in [2.45, 2.75) is 34.1 Å². The van der Waals surface area contributed by atoms with Gasteiger partial charge in [-0.25, -0.2) is 9.18 Å². The molecule has 0 aliphatic carbocycles. The van der Waals surface area contributed by atoms with Crippen molar-refractivity contribution in [3.05, 3.63) is 39.2 Å². The lowest BCUT2D eigenvalue weighted by Gasteiger charge is -2.07. The third-order valence-electron chi connectivity index (χ3n) is 2.80. The first kappa shape index (κ1) is 15.1. The van der Waals surface area contributed by atoms with E-state index in [1.165, 1.54) is 0 Å². The van der Waals surface area contributed by atoms with Crippen LogP contribution in [-0.4, -0.2) is 5.11 Å². The van der Waals surface area contributed by atoms with E-state index in [2.05, 4.69) is 0 Å². The van der Waals surface area contributed by atoms with Gasteiger partial charge >= 0.3 is 5.63 Å². The summed E-state index contributed by atoms with van der Waals surface area (Å²) in [5.41, 5.74) is -0.232. The topological polar surface area (TPSA) is 50.4 Å². The molecular weight excluding hydrogens is 254 g/mol. The van der Waals surface area contributed by atoms with Crippen LogP contribution in [0.5, 0.6) is 5.75 Å². The molecule has 0 unspecified atom stereocenters. The predicted molar refractivity (Wildman–Crippen MR) is 69.5 cm³/mol. The van der Waals surface area contributed by atoms with E-state index in [0.717, 1.165) is 6.07 Å². The van der Waals surface area contributed by atoms with Crippen molar-refractivity contribution in [3.63, 3.8) is 0 Å². The minimum absolute atomic E-state index is 0.161. The molecule has 19 heavy (non-hydrogen) atoms. The number of halogens is 2. The molecule has 0 bridgehead atoms. The van der Waals surface area contributed by atoms with Gasteiger partial charge in [0.25, 0.3) is 0 Å². The Bertz CT molecular complexity index is 660. The fraction of sp³-hybridized carbons (Fsp3) is 0.357. The first-order valence-corrected chi connectivity index (χ1v) is 6.10. The largest absolute Gasteiger partial charge is 0.503 e. The summed E-state index contributed by atoms with van der Waals surface area (Å²) in [7, 11) is 0. The Kier molecular flexibility index (Phi) is 4.64. The quantitative estimate of drug-likeness (QED) is 0.804. The van der Waals surface area contributed by atoms with Crippen LogP contribution < -0.4 is 5.63 Å². The highest BCUT2D eigenvalue weighted by Gasteiger charge is 2.19. The predicted octanol–water partition coefficient (Wildman–Crippen LogP) is 3.67.